The van der Waals surface area contributed by atoms with Crippen LogP contribution in [-0.4, -0.2) is 29.1 Å². The molecule has 1 heterocycles. The molecule has 0 saturated heterocycles. The van der Waals surface area contributed by atoms with Gasteiger partial charge in [-0.05, 0) is 43.6 Å². The zero-order chi connectivity index (χ0) is 20.0. The van der Waals surface area contributed by atoms with E-state index in [0.717, 1.165) is 16.3 Å². The first-order valence-corrected chi connectivity index (χ1v) is 9.49. The lowest BCUT2D eigenvalue weighted by molar-refractivity contribution is 0.321. The van der Waals surface area contributed by atoms with E-state index in [1.165, 1.54) is 11.6 Å². The molecule has 2 N–H and O–H groups in total. The highest BCUT2D eigenvalue weighted by Gasteiger charge is 2.18. The van der Waals surface area contributed by atoms with Crippen LogP contribution in [-0.2, 0) is 0 Å². The van der Waals surface area contributed by atoms with E-state index in [2.05, 4.69) is 28.9 Å². The Bertz CT molecular complexity index is 1250. The molecule has 0 saturated carbocycles. The van der Waals surface area contributed by atoms with E-state index in [0.29, 0.717) is 21.5 Å². The summed E-state index contributed by atoms with van der Waals surface area (Å²) in [6, 6.07) is 17.3. The quantitative estimate of drug-likeness (QED) is 0.408. The fraction of sp³-hybridized carbons (Fsp3) is 0.174. The van der Waals surface area contributed by atoms with Gasteiger partial charge in [0.25, 0.3) is 5.56 Å². The van der Waals surface area contributed by atoms with Crippen LogP contribution in [0.2, 0.25) is 5.02 Å². The van der Waals surface area contributed by atoms with Gasteiger partial charge in [0.05, 0.1) is 10.5 Å². The first-order chi connectivity index (χ1) is 13.4. The van der Waals surface area contributed by atoms with E-state index in [1.807, 2.05) is 44.4 Å². The summed E-state index contributed by atoms with van der Waals surface area (Å²) in [6.45, 7) is 2.14. The van der Waals surface area contributed by atoms with Gasteiger partial charge < -0.3 is 15.0 Å². The molecule has 0 aliphatic carbocycles. The maximum absolute atomic E-state index is 12.5. The van der Waals surface area contributed by atoms with Crippen molar-refractivity contribution in [1.82, 2.24) is 9.88 Å². The Hall–Kier alpha value is -2.53. The van der Waals surface area contributed by atoms with Crippen LogP contribution < -0.4 is 5.56 Å². The first kappa shape index (κ1) is 21.2. The van der Waals surface area contributed by atoms with Crippen LogP contribution in [0, 0.1) is 0 Å². The Balaban J connectivity index is 0.00000240. The summed E-state index contributed by atoms with van der Waals surface area (Å²) in [7, 11) is 4.08. The van der Waals surface area contributed by atoms with Gasteiger partial charge in [0.2, 0.25) is 0 Å². The molecule has 0 aliphatic rings. The van der Waals surface area contributed by atoms with E-state index < -0.39 is 0 Å². The summed E-state index contributed by atoms with van der Waals surface area (Å²) >= 11 is 6.36. The molecule has 4 nitrogen and oxygen atoms in total. The van der Waals surface area contributed by atoms with Crippen molar-refractivity contribution < 1.29 is 5.11 Å². The van der Waals surface area contributed by atoms with Crippen molar-refractivity contribution >= 4 is 45.7 Å². The van der Waals surface area contributed by atoms with Crippen LogP contribution in [0.25, 0.3) is 32.8 Å². The molecule has 29 heavy (non-hydrogen) atoms. The van der Waals surface area contributed by atoms with Crippen LogP contribution in [0.3, 0.4) is 0 Å². The minimum Gasteiger partial charge on any atom is -0.507 e. The number of aromatic hydroxyl groups is 1. The van der Waals surface area contributed by atoms with Gasteiger partial charge in [0.1, 0.15) is 5.75 Å². The maximum Gasteiger partial charge on any atom is 0.256 e. The highest BCUT2D eigenvalue weighted by atomic mass is 35.5. The molecule has 0 aliphatic heterocycles. The number of aromatic amines is 1. The van der Waals surface area contributed by atoms with Gasteiger partial charge in [-0.15, -0.1) is 12.4 Å². The van der Waals surface area contributed by atoms with Gasteiger partial charge in [-0.3, -0.25) is 4.79 Å². The number of rotatable bonds is 3. The molecule has 3 aromatic carbocycles. The monoisotopic (exact) mass is 428 g/mol. The van der Waals surface area contributed by atoms with Crippen LogP contribution in [0.4, 0.5) is 0 Å². The number of halogens is 2. The van der Waals surface area contributed by atoms with Gasteiger partial charge in [0, 0.05) is 28.4 Å². The standard InChI is InChI=1S/C23H21ClN2O2.ClH/c1-13(26(2)3)14-8-10-15(11-9-14)20-19(27)12-18(24)22-21(20)16-6-4-5-7-17(16)23(28)25-22;/h4-13,27H,1-3H3,(H,25,28);1H/t13-;/m1./s1. The van der Waals surface area contributed by atoms with Crippen molar-refractivity contribution in [3.63, 3.8) is 0 Å². The normalized spacial score (nSPS) is 12.3. The summed E-state index contributed by atoms with van der Waals surface area (Å²) in [5.74, 6) is 0.0862. The zero-order valence-electron chi connectivity index (χ0n) is 16.4. The topological polar surface area (TPSA) is 56.3 Å². The average molecular weight is 429 g/mol. The fourth-order valence-electron chi connectivity index (χ4n) is 3.63. The Labute approximate surface area is 180 Å². The van der Waals surface area contributed by atoms with Crippen LogP contribution in [0.5, 0.6) is 5.75 Å². The van der Waals surface area contributed by atoms with E-state index in [-0.39, 0.29) is 29.8 Å². The number of hydrogen-bond donors (Lipinski definition) is 2. The Morgan fingerprint density at radius 1 is 1.03 bits per heavy atom. The third kappa shape index (κ3) is 3.60. The number of benzene rings is 3. The number of H-pyrrole nitrogens is 1. The number of pyridine rings is 1. The largest absolute Gasteiger partial charge is 0.507 e. The smallest absolute Gasteiger partial charge is 0.256 e. The van der Waals surface area contributed by atoms with Gasteiger partial charge in [-0.2, -0.15) is 0 Å². The van der Waals surface area contributed by atoms with Crippen LogP contribution >= 0.6 is 24.0 Å². The van der Waals surface area contributed by atoms with Gasteiger partial charge >= 0.3 is 0 Å². The van der Waals surface area contributed by atoms with E-state index in [1.54, 1.807) is 6.07 Å². The van der Waals surface area contributed by atoms with Crippen molar-refractivity contribution in [1.29, 1.82) is 0 Å². The van der Waals surface area contributed by atoms with Crippen molar-refractivity contribution in [2.75, 3.05) is 14.1 Å². The second-order valence-electron chi connectivity index (χ2n) is 7.26. The molecule has 6 heteroatoms. The number of nitrogens with zero attached hydrogens (tertiary/aromatic N) is 1. The highest BCUT2D eigenvalue weighted by molar-refractivity contribution is 6.37. The molecule has 0 amide bonds. The van der Waals surface area contributed by atoms with E-state index in [9.17, 15) is 9.90 Å². The molecular formula is C23H22Cl2N2O2. The highest BCUT2D eigenvalue weighted by Crippen LogP contribution is 2.42. The van der Waals surface area contributed by atoms with Crippen molar-refractivity contribution in [2.45, 2.75) is 13.0 Å². The molecule has 0 spiro atoms. The van der Waals surface area contributed by atoms with Gasteiger partial charge in [0.15, 0.2) is 0 Å². The maximum atomic E-state index is 12.5. The number of fused-ring (bicyclic) bond motifs is 3. The van der Waals surface area contributed by atoms with Crippen LogP contribution in [0.15, 0.2) is 59.4 Å². The van der Waals surface area contributed by atoms with Crippen molar-refractivity contribution in [3.8, 4) is 16.9 Å². The van der Waals surface area contributed by atoms with Gasteiger partial charge in [-0.25, -0.2) is 0 Å². The van der Waals surface area contributed by atoms with Crippen LogP contribution in [0.1, 0.15) is 18.5 Å². The molecule has 4 rings (SSSR count). The molecule has 4 aromatic rings. The first-order valence-electron chi connectivity index (χ1n) is 9.11. The number of nitrogens with one attached hydrogen (secondary N) is 1. The summed E-state index contributed by atoms with van der Waals surface area (Å²) < 4.78 is 0. The molecule has 0 radical (unpaired) electrons. The third-order valence-corrected chi connectivity index (χ3v) is 5.69. The summed E-state index contributed by atoms with van der Waals surface area (Å²) in [5, 5.41) is 13.1. The molecule has 0 bridgehead atoms. The number of hydrogen-bond acceptors (Lipinski definition) is 3. The number of aromatic nitrogens is 1. The van der Waals surface area contributed by atoms with E-state index in [4.69, 9.17) is 11.6 Å². The zero-order valence-corrected chi connectivity index (χ0v) is 17.9. The van der Waals surface area contributed by atoms with Crippen molar-refractivity contribution in [3.05, 3.63) is 75.5 Å². The second-order valence-corrected chi connectivity index (χ2v) is 7.67. The lowest BCUT2D eigenvalue weighted by Gasteiger charge is -2.20. The Morgan fingerprint density at radius 2 is 1.66 bits per heavy atom. The lowest BCUT2D eigenvalue weighted by atomic mass is 9.94. The third-order valence-electron chi connectivity index (χ3n) is 5.39. The number of phenols is 1. The molecule has 0 unspecified atom stereocenters. The average Bonchev–Trinajstić information content (AvgIpc) is 2.69. The predicted octanol–water partition coefficient (Wildman–Crippen LogP) is 5.75. The molecule has 1 atom stereocenters. The SMILES string of the molecule is C[C@H](c1ccc(-c2c(O)cc(Cl)c3[nH]c(=O)c4ccccc4c23)cc1)N(C)C.Cl. The molecular weight excluding hydrogens is 407 g/mol. The molecule has 150 valence electrons. The Morgan fingerprint density at radius 3 is 2.28 bits per heavy atom. The second kappa shape index (κ2) is 8.07. The molecule has 0 fully saturated rings. The Kier molecular flexibility index (Phi) is 5.90. The minimum absolute atomic E-state index is 0. The summed E-state index contributed by atoms with van der Waals surface area (Å²) in [4.78, 5) is 17.5. The number of phenolic OH excluding ortho intramolecular Hbond substituents is 1. The van der Waals surface area contributed by atoms with Gasteiger partial charge in [-0.1, -0.05) is 54.1 Å². The lowest BCUT2D eigenvalue weighted by Crippen LogP contribution is -2.16. The van der Waals surface area contributed by atoms with Crippen molar-refractivity contribution in [2.24, 2.45) is 0 Å². The summed E-state index contributed by atoms with van der Waals surface area (Å²) in [5.41, 5.74) is 3.05. The molecule has 1 aromatic heterocycles. The predicted molar refractivity (Wildman–Crippen MR) is 124 cm³/mol. The minimum atomic E-state index is -0.197. The van der Waals surface area contributed by atoms with E-state index >= 15 is 0 Å². The fourth-order valence-corrected chi connectivity index (χ4v) is 3.87. The summed E-state index contributed by atoms with van der Waals surface area (Å²) in [6.07, 6.45) is 0.